The minimum absolute atomic E-state index is 0.311. The van der Waals surface area contributed by atoms with Gasteiger partial charge in [0.2, 0.25) is 0 Å². The standard InChI is InChI=1S/C17H15Cl2FN2O/c18-12-6-7-14(15-13(19)10-22-16(12)15)23-9-8-21-17(20)11-4-2-1-3-5-11/h1-7,10,17,21-22H,8-9H2. The number of ether oxygens (including phenoxy) is 1. The predicted molar refractivity (Wildman–Crippen MR) is 92.1 cm³/mol. The van der Waals surface area contributed by atoms with E-state index < -0.39 is 6.30 Å². The Kier molecular flexibility index (Phi) is 5.06. The van der Waals surface area contributed by atoms with E-state index in [0.29, 0.717) is 34.5 Å². The highest BCUT2D eigenvalue weighted by atomic mass is 35.5. The Labute approximate surface area is 143 Å². The number of rotatable bonds is 6. The van der Waals surface area contributed by atoms with Gasteiger partial charge < -0.3 is 9.72 Å². The molecule has 0 aliphatic carbocycles. The number of halogens is 3. The smallest absolute Gasteiger partial charge is 0.177 e. The van der Waals surface area contributed by atoms with Gasteiger partial charge in [-0.05, 0) is 12.1 Å². The van der Waals surface area contributed by atoms with Gasteiger partial charge in [-0.2, -0.15) is 0 Å². The van der Waals surface area contributed by atoms with Crippen molar-refractivity contribution in [2.24, 2.45) is 0 Å². The van der Waals surface area contributed by atoms with Gasteiger partial charge in [0.05, 0.1) is 20.9 Å². The SMILES string of the molecule is FC(NCCOc1ccc(Cl)c2[nH]cc(Cl)c12)c1ccccc1. The summed E-state index contributed by atoms with van der Waals surface area (Å²) in [6.45, 7) is 0.674. The Balaban J connectivity index is 1.59. The van der Waals surface area contributed by atoms with Crippen molar-refractivity contribution in [2.45, 2.75) is 6.30 Å². The highest BCUT2D eigenvalue weighted by molar-refractivity contribution is 6.40. The third-order valence-electron chi connectivity index (χ3n) is 3.47. The number of H-pyrrole nitrogens is 1. The monoisotopic (exact) mass is 352 g/mol. The van der Waals surface area contributed by atoms with Crippen LogP contribution in [0.4, 0.5) is 4.39 Å². The maximum Gasteiger partial charge on any atom is 0.177 e. The third-order valence-corrected chi connectivity index (χ3v) is 4.09. The first kappa shape index (κ1) is 16.1. The van der Waals surface area contributed by atoms with Gasteiger partial charge >= 0.3 is 0 Å². The first-order valence-corrected chi connectivity index (χ1v) is 7.92. The molecule has 0 saturated heterocycles. The molecular weight excluding hydrogens is 338 g/mol. The molecule has 2 N–H and O–H groups in total. The second-order valence-electron chi connectivity index (χ2n) is 5.01. The van der Waals surface area contributed by atoms with Crippen LogP contribution < -0.4 is 10.1 Å². The zero-order valence-corrected chi connectivity index (χ0v) is 13.7. The average Bonchev–Trinajstić information content (AvgIpc) is 2.97. The first-order chi connectivity index (χ1) is 11.2. The van der Waals surface area contributed by atoms with E-state index in [2.05, 4.69) is 10.3 Å². The molecule has 0 amide bonds. The van der Waals surface area contributed by atoms with Crippen LogP contribution in [0.2, 0.25) is 10.0 Å². The van der Waals surface area contributed by atoms with Crippen LogP contribution >= 0.6 is 23.2 Å². The summed E-state index contributed by atoms with van der Waals surface area (Å²) < 4.78 is 19.7. The van der Waals surface area contributed by atoms with Crippen molar-refractivity contribution in [1.82, 2.24) is 10.3 Å². The summed E-state index contributed by atoms with van der Waals surface area (Å²) in [5, 5.41) is 4.63. The molecule has 1 atom stereocenters. The van der Waals surface area contributed by atoms with Gasteiger partial charge in [-0.15, -0.1) is 0 Å². The van der Waals surface area contributed by atoms with Crippen LogP contribution in [0.25, 0.3) is 10.9 Å². The topological polar surface area (TPSA) is 37.0 Å². The molecule has 0 saturated carbocycles. The molecule has 0 fully saturated rings. The summed E-state index contributed by atoms with van der Waals surface area (Å²) in [4.78, 5) is 3.01. The molecule has 0 bridgehead atoms. The molecule has 23 heavy (non-hydrogen) atoms. The Bertz CT molecular complexity index is 792. The number of hydrogen-bond donors (Lipinski definition) is 2. The van der Waals surface area contributed by atoms with Crippen LogP contribution in [0, 0.1) is 0 Å². The van der Waals surface area contributed by atoms with E-state index >= 15 is 0 Å². The van der Waals surface area contributed by atoms with Crippen molar-refractivity contribution in [3.8, 4) is 5.75 Å². The molecule has 3 nitrogen and oxygen atoms in total. The van der Waals surface area contributed by atoms with Gasteiger partial charge in [0.15, 0.2) is 6.30 Å². The lowest BCUT2D eigenvalue weighted by Crippen LogP contribution is -2.23. The normalized spacial score (nSPS) is 12.5. The van der Waals surface area contributed by atoms with Crippen molar-refractivity contribution in [3.63, 3.8) is 0 Å². The second kappa shape index (κ2) is 7.21. The number of benzene rings is 2. The lowest BCUT2D eigenvalue weighted by molar-refractivity contribution is 0.245. The zero-order chi connectivity index (χ0) is 16.2. The highest BCUT2D eigenvalue weighted by Gasteiger charge is 2.12. The first-order valence-electron chi connectivity index (χ1n) is 7.17. The molecule has 1 heterocycles. The lowest BCUT2D eigenvalue weighted by atomic mass is 10.2. The summed E-state index contributed by atoms with van der Waals surface area (Å²) in [7, 11) is 0. The van der Waals surface area contributed by atoms with Crippen molar-refractivity contribution in [1.29, 1.82) is 0 Å². The molecule has 0 aliphatic rings. The summed E-state index contributed by atoms with van der Waals surface area (Å²) in [6.07, 6.45) is 0.442. The van der Waals surface area contributed by atoms with E-state index in [4.69, 9.17) is 27.9 Å². The van der Waals surface area contributed by atoms with Crippen LogP contribution in [0.3, 0.4) is 0 Å². The predicted octanol–water partition coefficient (Wildman–Crippen LogP) is 5.11. The van der Waals surface area contributed by atoms with E-state index in [1.165, 1.54) is 0 Å². The summed E-state index contributed by atoms with van der Waals surface area (Å²) >= 11 is 12.3. The summed E-state index contributed by atoms with van der Waals surface area (Å²) in [5.41, 5.74) is 1.32. The van der Waals surface area contributed by atoms with E-state index in [1.54, 1.807) is 42.6 Å². The Hall–Kier alpha value is -1.75. The molecule has 3 aromatic rings. The zero-order valence-electron chi connectivity index (χ0n) is 12.2. The quantitative estimate of drug-likeness (QED) is 0.477. The lowest BCUT2D eigenvalue weighted by Gasteiger charge is -2.12. The van der Waals surface area contributed by atoms with E-state index in [-0.39, 0.29) is 0 Å². The van der Waals surface area contributed by atoms with Crippen LogP contribution in [-0.4, -0.2) is 18.1 Å². The minimum Gasteiger partial charge on any atom is -0.491 e. The number of aromatic amines is 1. The van der Waals surface area contributed by atoms with Gasteiger partial charge in [-0.3, -0.25) is 5.32 Å². The summed E-state index contributed by atoms with van der Waals surface area (Å²) in [5.74, 6) is 0.618. The number of nitrogens with one attached hydrogen (secondary N) is 2. The van der Waals surface area contributed by atoms with Crippen molar-refractivity contribution < 1.29 is 9.13 Å². The summed E-state index contributed by atoms with van der Waals surface area (Å²) in [6, 6.07) is 12.4. The van der Waals surface area contributed by atoms with Crippen molar-refractivity contribution in [3.05, 3.63) is 64.3 Å². The Morgan fingerprint density at radius 3 is 2.65 bits per heavy atom. The van der Waals surface area contributed by atoms with Gasteiger partial charge in [0.1, 0.15) is 12.4 Å². The molecule has 1 unspecified atom stereocenters. The van der Waals surface area contributed by atoms with Gasteiger partial charge in [0.25, 0.3) is 0 Å². The number of hydrogen-bond acceptors (Lipinski definition) is 2. The number of fused-ring (bicyclic) bond motifs is 1. The van der Waals surface area contributed by atoms with E-state index in [9.17, 15) is 4.39 Å². The largest absolute Gasteiger partial charge is 0.491 e. The van der Waals surface area contributed by atoms with Crippen LogP contribution in [0.15, 0.2) is 48.7 Å². The minimum atomic E-state index is -1.22. The average molecular weight is 353 g/mol. The highest BCUT2D eigenvalue weighted by Crippen LogP contribution is 2.36. The number of aromatic nitrogens is 1. The van der Waals surface area contributed by atoms with E-state index in [1.807, 2.05) is 6.07 Å². The fourth-order valence-electron chi connectivity index (χ4n) is 2.35. The molecule has 6 heteroatoms. The fourth-order valence-corrected chi connectivity index (χ4v) is 2.81. The van der Waals surface area contributed by atoms with Gasteiger partial charge in [-0.25, -0.2) is 4.39 Å². The molecule has 0 aliphatic heterocycles. The fraction of sp³-hybridized carbons (Fsp3) is 0.176. The van der Waals surface area contributed by atoms with Gasteiger partial charge in [0, 0.05) is 18.3 Å². The van der Waals surface area contributed by atoms with Gasteiger partial charge in [-0.1, -0.05) is 53.5 Å². The van der Waals surface area contributed by atoms with Crippen LogP contribution in [0.1, 0.15) is 11.9 Å². The molecular formula is C17H15Cl2FN2O. The van der Waals surface area contributed by atoms with Crippen molar-refractivity contribution >= 4 is 34.1 Å². The van der Waals surface area contributed by atoms with Crippen molar-refractivity contribution in [2.75, 3.05) is 13.2 Å². The van der Waals surface area contributed by atoms with Crippen LogP contribution in [0.5, 0.6) is 5.75 Å². The number of alkyl halides is 1. The Morgan fingerprint density at radius 1 is 1.09 bits per heavy atom. The maximum absolute atomic E-state index is 14.0. The molecule has 1 aromatic heterocycles. The molecule has 2 aromatic carbocycles. The second-order valence-corrected chi connectivity index (χ2v) is 5.82. The molecule has 0 radical (unpaired) electrons. The van der Waals surface area contributed by atoms with Crippen LogP contribution in [-0.2, 0) is 0 Å². The maximum atomic E-state index is 14.0. The third kappa shape index (κ3) is 3.61. The van der Waals surface area contributed by atoms with E-state index in [0.717, 1.165) is 10.9 Å². The molecule has 120 valence electrons. The Morgan fingerprint density at radius 2 is 1.87 bits per heavy atom. The molecule has 0 spiro atoms. The molecule has 3 rings (SSSR count).